The molecule has 2 atom stereocenters. The Morgan fingerprint density at radius 3 is 1.16 bits per heavy atom. The van der Waals surface area contributed by atoms with Gasteiger partial charge in [-0.15, -0.1) is 0 Å². The number of hydrogen-bond donors (Lipinski definition) is 0. The van der Waals surface area contributed by atoms with Gasteiger partial charge in [0, 0.05) is 12.8 Å². The molecule has 0 radical (unpaired) electrons. The number of allylic oxidation sites excluding steroid dienone is 16. The van der Waals surface area contributed by atoms with Gasteiger partial charge in [0.25, 0.3) is 7.82 Å². The Morgan fingerprint density at radius 2 is 0.781 bits per heavy atom. The van der Waals surface area contributed by atoms with E-state index >= 15 is 0 Å². The Balaban J connectivity index is 4.05. The van der Waals surface area contributed by atoms with Gasteiger partial charge >= 0.3 is 11.9 Å². The minimum Gasteiger partial charge on any atom is -0.756 e. The third kappa shape index (κ3) is 58.1. The van der Waals surface area contributed by atoms with Crippen LogP contribution in [0.4, 0.5) is 0 Å². The third-order valence-corrected chi connectivity index (χ3v) is 13.3. The molecule has 0 bridgehead atoms. The summed E-state index contributed by atoms with van der Waals surface area (Å²) in [5, 5.41) is 0. The van der Waals surface area contributed by atoms with Gasteiger partial charge in [-0.3, -0.25) is 14.2 Å². The van der Waals surface area contributed by atoms with Crippen molar-refractivity contribution in [2.75, 3.05) is 47.5 Å². The first-order chi connectivity index (χ1) is 35.5. The highest BCUT2D eigenvalue weighted by Crippen LogP contribution is 2.38. The summed E-state index contributed by atoms with van der Waals surface area (Å²) in [6.45, 7) is 4.12. The summed E-state index contributed by atoms with van der Waals surface area (Å²) in [7, 11) is 1.16. The number of nitrogens with zero attached hydrogens (tertiary/aromatic N) is 1. The van der Waals surface area contributed by atoms with Crippen molar-refractivity contribution < 1.29 is 42.1 Å². The van der Waals surface area contributed by atoms with Crippen molar-refractivity contribution in [3.63, 3.8) is 0 Å². The van der Waals surface area contributed by atoms with Gasteiger partial charge in [-0.1, -0.05) is 246 Å². The average molecular weight is 1040 g/mol. The first-order valence-corrected chi connectivity index (χ1v) is 30.9. The largest absolute Gasteiger partial charge is 0.756 e. The van der Waals surface area contributed by atoms with Crippen LogP contribution in [0.15, 0.2) is 97.2 Å². The Labute approximate surface area is 449 Å². The van der Waals surface area contributed by atoms with Crippen LogP contribution in [-0.2, 0) is 32.7 Å². The zero-order chi connectivity index (χ0) is 53.5. The molecule has 0 aromatic carbocycles. The molecule has 420 valence electrons. The standard InChI is InChI=1S/C63H110NO8P/c1-6-8-10-12-14-16-18-20-21-22-23-24-25-26-27-28-29-30-31-32-33-34-35-36-37-38-39-40-41-42-43-44-46-48-50-52-54-56-63(66)72-61(60-71-73(67,68)70-58-57-64(3,4)5)59-69-62(65)55-53-51-49-47-45-19-17-15-13-11-9-7-2/h8,10,14,16,20-21,23-24,26-27,29-30,32-33,35-36,61H,6-7,9,11-13,15,17-19,22,25,28,31,34,37-60H2,1-5H3/b10-8-,16-14-,21-20-,24-23-,27-26-,30-29-,33-32-,36-35-. The summed E-state index contributed by atoms with van der Waals surface area (Å²) in [5.41, 5.74) is 0. The molecule has 0 aliphatic rings. The van der Waals surface area contributed by atoms with Crippen molar-refractivity contribution in [1.82, 2.24) is 0 Å². The molecule has 9 nitrogen and oxygen atoms in total. The number of carbonyl (C=O) groups is 2. The summed E-state index contributed by atoms with van der Waals surface area (Å²) < 4.78 is 34.1. The summed E-state index contributed by atoms with van der Waals surface area (Å²) >= 11 is 0. The van der Waals surface area contributed by atoms with Gasteiger partial charge in [-0.05, 0) is 77.0 Å². The molecule has 0 saturated heterocycles. The smallest absolute Gasteiger partial charge is 0.306 e. The van der Waals surface area contributed by atoms with E-state index in [1.807, 2.05) is 21.1 Å². The monoisotopic (exact) mass is 1040 g/mol. The maximum Gasteiger partial charge on any atom is 0.306 e. The van der Waals surface area contributed by atoms with Gasteiger partial charge in [0.15, 0.2) is 6.10 Å². The average Bonchev–Trinajstić information content (AvgIpc) is 3.35. The topological polar surface area (TPSA) is 111 Å². The lowest BCUT2D eigenvalue weighted by atomic mass is 10.0. The molecule has 0 saturated carbocycles. The molecule has 0 aliphatic carbocycles. The number of phosphoric acid groups is 1. The number of esters is 2. The van der Waals surface area contributed by atoms with Gasteiger partial charge < -0.3 is 27.9 Å². The molecule has 0 aromatic heterocycles. The molecule has 73 heavy (non-hydrogen) atoms. The molecule has 0 N–H and O–H groups in total. The fourth-order valence-electron chi connectivity index (χ4n) is 7.85. The SMILES string of the molecule is CC/C=C\C/C=C\C/C=C\C/C=C\C/C=C\C/C=C\C/C=C\C/C=C\CCCCCCCCCCCCCCC(=O)OC(COC(=O)CCCCCCCCCCCCCC)COP(=O)([O-])OCC[N+](C)(C)C. The first-order valence-electron chi connectivity index (χ1n) is 29.4. The second kappa shape index (κ2) is 53.7. The van der Waals surface area contributed by atoms with Crippen LogP contribution < -0.4 is 4.89 Å². The van der Waals surface area contributed by atoms with Crippen molar-refractivity contribution in [1.29, 1.82) is 0 Å². The molecule has 2 unspecified atom stereocenters. The van der Waals surface area contributed by atoms with Crippen molar-refractivity contribution in [3.8, 4) is 0 Å². The van der Waals surface area contributed by atoms with E-state index in [4.69, 9.17) is 18.5 Å². The Morgan fingerprint density at radius 1 is 0.438 bits per heavy atom. The van der Waals surface area contributed by atoms with E-state index in [0.717, 1.165) is 89.9 Å². The van der Waals surface area contributed by atoms with Crippen LogP contribution >= 0.6 is 7.82 Å². The Kier molecular flexibility index (Phi) is 51.5. The molecule has 10 heteroatoms. The van der Waals surface area contributed by atoms with E-state index in [-0.39, 0.29) is 32.0 Å². The number of quaternary nitrogens is 1. The highest BCUT2D eigenvalue weighted by Gasteiger charge is 2.22. The van der Waals surface area contributed by atoms with Crippen LogP contribution in [0, 0.1) is 0 Å². The lowest BCUT2D eigenvalue weighted by Crippen LogP contribution is -2.37. The minimum atomic E-state index is -4.63. The predicted molar refractivity (Wildman–Crippen MR) is 309 cm³/mol. The number of phosphoric ester groups is 1. The fourth-order valence-corrected chi connectivity index (χ4v) is 8.58. The second-order valence-electron chi connectivity index (χ2n) is 20.6. The van der Waals surface area contributed by atoms with E-state index < -0.39 is 26.5 Å². The van der Waals surface area contributed by atoms with Crippen molar-refractivity contribution in [2.24, 2.45) is 0 Å². The van der Waals surface area contributed by atoms with E-state index in [1.165, 1.54) is 116 Å². The van der Waals surface area contributed by atoms with Crippen LogP contribution in [0.5, 0.6) is 0 Å². The van der Waals surface area contributed by atoms with Crippen molar-refractivity contribution in [3.05, 3.63) is 97.2 Å². The molecule has 0 amide bonds. The number of rotatable bonds is 53. The molecule has 0 aromatic rings. The normalized spacial score (nSPS) is 14.0. The molecule has 0 rings (SSSR count). The molecule has 0 heterocycles. The van der Waals surface area contributed by atoms with Gasteiger partial charge in [-0.2, -0.15) is 0 Å². The van der Waals surface area contributed by atoms with E-state index in [2.05, 4.69) is 111 Å². The van der Waals surface area contributed by atoms with E-state index in [0.29, 0.717) is 17.4 Å². The highest BCUT2D eigenvalue weighted by atomic mass is 31.2. The molecule has 0 spiro atoms. The highest BCUT2D eigenvalue weighted by molar-refractivity contribution is 7.45. The van der Waals surface area contributed by atoms with Crippen molar-refractivity contribution in [2.45, 2.75) is 245 Å². The number of unbranched alkanes of at least 4 members (excludes halogenated alkanes) is 23. The van der Waals surface area contributed by atoms with Crippen LogP contribution in [0.3, 0.4) is 0 Å². The Bertz CT molecular complexity index is 1550. The first kappa shape index (κ1) is 69.9. The fraction of sp³-hybridized carbons (Fsp3) is 0.714. The summed E-state index contributed by atoms with van der Waals surface area (Å²) in [5.74, 6) is -0.835. The van der Waals surface area contributed by atoms with E-state index in [9.17, 15) is 19.0 Å². The number of ether oxygens (including phenoxy) is 2. The lowest BCUT2D eigenvalue weighted by Gasteiger charge is -2.28. The molecular weight excluding hydrogens is 930 g/mol. The predicted octanol–water partition coefficient (Wildman–Crippen LogP) is 17.8. The third-order valence-electron chi connectivity index (χ3n) is 12.4. The van der Waals surface area contributed by atoms with Gasteiger partial charge in [0.1, 0.15) is 19.8 Å². The summed E-state index contributed by atoms with van der Waals surface area (Å²) in [6.07, 6.45) is 73.2. The maximum atomic E-state index is 12.8. The second-order valence-corrected chi connectivity index (χ2v) is 22.0. The van der Waals surface area contributed by atoms with Gasteiger partial charge in [0.2, 0.25) is 0 Å². The maximum absolute atomic E-state index is 12.8. The number of likely N-dealkylation sites (N-methyl/N-ethyl adjacent to an activating group) is 1. The minimum absolute atomic E-state index is 0.0332. The molecule has 0 fully saturated rings. The molecule has 0 aliphatic heterocycles. The quantitative estimate of drug-likeness (QED) is 0.0195. The number of hydrogen-bond acceptors (Lipinski definition) is 8. The summed E-state index contributed by atoms with van der Waals surface area (Å²) in [4.78, 5) is 37.7. The van der Waals surface area contributed by atoms with Crippen molar-refractivity contribution >= 4 is 19.8 Å². The molecular formula is C63H110NO8P. The van der Waals surface area contributed by atoms with Crippen LogP contribution in [0.25, 0.3) is 0 Å². The Hall–Kier alpha value is -3.07. The summed E-state index contributed by atoms with van der Waals surface area (Å²) in [6, 6.07) is 0. The zero-order valence-electron chi connectivity index (χ0n) is 47.6. The lowest BCUT2D eigenvalue weighted by molar-refractivity contribution is -0.870. The van der Waals surface area contributed by atoms with Crippen LogP contribution in [0.2, 0.25) is 0 Å². The van der Waals surface area contributed by atoms with E-state index in [1.54, 1.807) is 0 Å². The van der Waals surface area contributed by atoms with Gasteiger partial charge in [0.05, 0.1) is 27.7 Å². The number of carbonyl (C=O) groups excluding carboxylic acids is 2. The zero-order valence-corrected chi connectivity index (χ0v) is 48.4. The van der Waals surface area contributed by atoms with Crippen LogP contribution in [-0.4, -0.2) is 70.0 Å². The van der Waals surface area contributed by atoms with Crippen LogP contribution in [0.1, 0.15) is 239 Å². The van der Waals surface area contributed by atoms with Gasteiger partial charge in [-0.25, -0.2) is 0 Å².